The van der Waals surface area contributed by atoms with Crippen LogP contribution in [0, 0.1) is 0 Å². The van der Waals surface area contributed by atoms with Crippen molar-refractivity contribution < 1.29 is 4.42 Å². The molecule has 15 heavy (non-hydrogen) atoms. The largest absolute Gasteiger partial charge is 0.463 e. The highest BCUT2D eigenvalue weighted by Crippen LogP contribution is 2.34. The highest BCUT2D eigenvalue weighted by Gasteiger charge is 2.07. The molecule has 74 valence electrons. The lowest BCUT2D eigenvalue weighted by Gasteiger charge is -2.01. The van der Waals surface area contributed by atoms with Gasteiger partial charge in [0.05, 0.1) is 11.3 Å². The number of fused-ring (bicyclic) bond motifs is 2. The first-order valence-corrected chi connectivity index (χ1v) is 5.68. The number of hydrogen-bond donors (Lipinski definition) is 0. The van der Waals surface area contributed by atoms with Crippen LogP contribution in [0.15, 0.2) is 45.5 Å². The van der Waals surface area contributed by atoms with Crippen molar-refractivity contribution in [3.05, 3.63) is 46.1 Å². The fourth-order valence-corrected chi connectivity index (χ4v) is 2.46. The van der Waals surface area contributed by atoms with E-state index < -0.39 is 0 Å². The lowest BCUT2D eigenvalue weighted by atomic mass is 10.1. The highest BCUT2D eigenvalue weighted by molar-refractivity contribution is 9.10. The van der Waals surface area contributed by atoms with Crippen LogP contribution in [0.3, 0.4) is 0 Å². The zero-order valence-corrected chi connectivity index (χ0v) is 9.97. The molecule has 0 radical (unpaired) electrons. The van der Waals surface area contributed by atoms with Crippen LogP contribution in [0.25, 0.3) is 21.7 Å². The predicted octanol–water partition coefficient (Wildman–Crippen LogP) is 5.00. The normalized spacial score (nSPS) is 11.3. The summed E-state index contributed by atoms with van der Waals surface area (Å²) in [5, 5.41) is 3.84. The molecule has 0 saturated heterocycles. The summed E-state index contributed by atoms with van der Waals surface area (Å²) in [6, 6.07) is 10.0. The Morgan fingerprint density at radius 3 is 2.80 bits per heavy atom. The predicted molar refractivity (Wildman–Crippen MR) is 66.4 cm³/mol. The second-order valence-electron chi connectivity index (χ2n) is 3.39. The van der Waals surface area contributed by atoms with E-state index in [2.05, 4.69) is 22.0 Å². The summed E-state index contributed by atoms with van der Waals surface area (Å²) in [6.45, 7) is 0. The van der Waals surface area contributed by atoms with Crippen LogP contribution in [0.1, 0.15) is 0 Å². The lowest BCUT2D eigenvalue weighted by molar-refractivity contribution is 0.616. The Balaban J connectivity index is 2.57. The second kappa shape index (κ2) is 3.26. The topological polar surface area (TPSA) is 13.1 Å². The van der Waals surface area contributed by atoms with E-state index >= 15 is 0 Å². The van der Waals surface area contributed by atoms with Crippen LogP contribution in [-0.2, 0) is 0 Å². The minimum Gasteiger partial charge on any atom is -0.463 e. The SMILES string of the molecule is Clc1c2ccc(Br)cc2cc2ccoc12. The minimum absolute atomic E-state index is 0.681. The molecule has 3 aromatic rings. The van der Waals surface area contributed by atoms with Gasteiger partial charge in [-0.05, 0) is 29.7 Å². The molecule has 3 rings (SSSR count). The summed E-state index contributed by atoms with van der Waals surface area (Å²) < 4.78 is 6.39. The summed E-state index contributed by atoms with van der Waals surface area (Å²) in [5.74, 6) is 0. The summed E-state index contributed by atoms with van der Waals surface area (Å²) >= 11 is 9.70. The van der Waals surface area contributed by atoms with Gasteiger partial charge in [-0.15, -0.1) is 0 Å². The van der Waals surface area contributed by atoms with Crippen LogP contribution in [0.5, 0.6) is 0 Å². The molecule has 0 unspecified atom stereocenters. The summed E-state index contributed by atoms with van der Waals surface area (Å²) in [6.07, 6.45) is 1.66. The van der Waals surface area contributed by atoms with Crippen molar-refractivity contribution in [2.45, 2.75) is 0 Å². The van der Waals surface area contributed by atoms with E-state index in [1.807, 2.05) is 24.3 Å². The summed E-state index contributed by atoms with van der Waals surface area (Å²) in [5.41, 5.74) is 0.756. The van der Waals surface area contributed by atoms with Gasteiger partial charge in [0.15, 0.2) is 5.58 Å². The average molecular weight is 282 g/mol. The number of furan rings is 1. The zero-order valence-electron chi connectivity index (χ0n) is 7.63. The number of benzene rings is 2. The standard InChI is InChI=1S/C12H6BrClO/c13-9-1-2-10-8(6-9)5-7-3-4-15-12(7)11(10)14/h1-6H. The molecule has 3 heteroatoms. The quantitative estimate of drug-likeness (QED) is 0.565. The Morgan fingerprint density at radius 1 is 1.07 bits per heavy atom. The van der Waals surface area contributed by atoms with Crippen LogP contribution in [-0.4, -0.2) is 0 Å². The van der Waals surface area contributed by atoms with Crippen LogP contribution in [0.4, 0.5) is 0 Å². The van der Waals surface area contributed by atoms with E-state index in [0.717, 1.165) is 26.2 Å². The molecule has 1 aromatic heterocycles. The maximum absolute atomic E-state index is 6.26. The van der Waals surface area contributed by atoms with Crippen molar-refractivity contribution in [3.8, 4) is 0 Å². The third kappa shape index (κ3) is 1.36. The molecular formula is C12H6BrClO. The first-order valence-electron chi connectivity index (χ1n) is 4.51. The minimum atomic E-state index is 0.681. The van der Waals surface area contributed by atoms with Gasteiger partial charge >= 0.3 is 0 Å². The van der Waals surface area contributed by atoms with Crippen molar-refractivity contribution in [2.24, 2.45) is 0 Å². The van der Waals surface area contributed by atoms with Crippen molar-refractivity contribution in [1.29, 1.82) is 0 Å². The van der Waals surface area contributed by atoms with E-state index in [0.29, 0.717) is 5.02 Å². The van der Waals surface area contributed by atoms with Gasteiger partial charge in [0.1, 0.15) is 0 Å². The fourth-order valence-electron chi connectivity index (χ4n) is 1.75. The highest BCUT2D eigenvalue weighted by atomic mass is 79.9. The molecule has 0 fully saturated rings. The average Bonchev–Trinajstić information content (AvgIpc) is 2.65. The monoisotopic (exact) mass is 280 g/mol. The van der Waals surface area contributed by atoms with Gasteiger partial charge < -0.3 is 4.42 Å². The lowest BCUT2D eigenvalue weighted by Crippen LogP contribution is -1.76. The molecular weight excluding hydrogens is 275 g/mol. The molecule has 2 aromatic carbocycles. The summed E-state index contributed by atoms with van der Waals surface area (Å²) in [4.78, 5) is 0. The molecule has 0 spiro atoms. The van der Waals surface area contributed by atoms with Crippen molar-refractivity contribution in [2.75, 3.05) is 0 Å². The molecule has 0 atom stereocenters. The molecule has 1 nitrogen and oxygen atoms in total. The van der Waals surface area contributed by atoms with Gasteiger partial charge in [0.25, 0.3) is 0 Å². The van der Waals surface area contributed by atoms with E-state index in [-0.39, 0.29) is 0 Å². The Labute approximate surface area is 99.8 Å². The van der Waals surface area contributed by atoms with Crippen LogP contribution < -0.4 is 0 Å². The van der Waals surface area contributed by atoms with E-state index in [4.69, 9.17) is 16.0 Å². The van der Waals surface area contributed by atoms with E-state index in [1.165, 1.54) is 0 Å². The molecule has 1 heterocycles. The number of hydrogen-bond acceptors (Lipinski definition) is 1. The Bertz CT molecular complexity index is 657. The van der Waals surface area contributed by atoms with Gasteiger partial charge in [0, 0.05) is 15.2 Å². The molecule has 0 aliphatic rings. The third-order valence-electron chi connectivity index (χ3n) is 2.46. The Morgan fingerprint density at radius 2 is 1.93 bits per heavy atom. The smallest absolute Gasteiger partial charge is 0.153 e. The van der Waals surface area contributed by atoms with Gasteiger partial charge in [-0.25, -0.2) is 0 Å². The molecule has 0 N–H and O–H groups in total. The van der Waals surface area contributed by atoms with Crippen molar-refractivity contribution >= 4 is 49.3 Å². The number of halogens is 2. The first kappa shape index (κ1) is 9.25. The maximum atomic E-state index is 6.26. The molecule has 0 saturated carbocycles. The molecule has 0 aliphatic heterocycles. The second-order valence-corrected chi connectivity index (χ2v) is 4.69. The van der Waals surface area contributed by atoms with Crippen LogP contribution in [0.2, 0.25) is 5.02 Å². The fraction of sp³-hybridized carbons (Fsp3) is 0. The van der Waals surface area contributed by atoms with Crippen molar-refractivity contribution in [3.63, 3.8) is 0 Å². The summed E-state index contributed by atoms with van der Waals surface area (Å²) in [7, 11) is 0. The zero-order chi connectivity index (χ0) is 10.4. The van der Waals surface area contributed by atoms with E-state index in [1.54, 1.807) is 6.26 Å². The third-order valence-corrected chi connectivity index (χ3v) is 3.32. The molecule has 0 bridgehead atoms. The van der Waals surface area contributed by atoms with Gasteiger partial charge in [-0.1, -0.05) is 33.6 Å². The Hall–Kier alpha value is -0.990. The van der Waals surface area contributed by atoms with Gasteiger partial charge in [-0.3, -0.25) is 0 Å². The molecule has 0 aliphatic carbocycles. The van der Waals surface area contributed by atoms with E-state index in [9.17, 15) is 0 Å². The maximum Gasteiger partial charge on any atom is 0.153 e. The first-order chi connectivity index (χ1) is 7.25. The molecule has 0 amide bonds. The number of rotatable bonds is 0. The Kier molecular flexibility index (Phi) is 2.01. The van der Waals surface area contributed by atoms with Gasteiger partial charge in [0.2, 0.25) is 0 Å². The van der Waals surface area contributed by atoms with Crippen LogP contribution >= 0.6 is 27.5 Å². The van der Waals surface area contributed by atoms with Gasteiger partial charge in [-0.2, -0.15) is 0 Å². The van der Waals surface area contributed by atoms with Crippen molar-refractivity contribution in [1.82, 2.24) is 0 Å².